The average molecular weight is 186 g/mol. The van der Waals surface area contributed by atoms with Crippen molar-refractivity contribution < 1.29 is 14.0 Å². The third kappa shape index (κ3) is 4.08. The summed E-state index contributed by atoms with van der Waals surface area (Å²) in [6, 6.07) is 0. The molecular weight excluding hydrogens is 166 g/mol. The Hall–Kier alpha value is -0.830. The van der Waals surface area contributed by atoms with Gasteiger partial charge in [0.2, 0.25) is 0 Å². The monoisotopic (exact) mass is 186 g/mol. The lowest BCUT2D eigenvalue weighted by Crippen LogP contribution is -2.49. The zero-order valence-electron chi connectivity index (χ0n) is 9.20. The molecule has 0 fully saturated rings. The number of hydrogen-bond donors (Lipinski definition) is 0. The van der Waals surface area contributed by atoms with Gasteiger partial charge in [0.15, 0.2) is 0 Å². The average Bonchev–Trinajstić information content (AvgIpc) is 2.03. The van der Waals surface area contributed by atoms with E-state index in [0.29, 0.717) is 4.48 Å². The minimum atomic E-state index is -0.234. The van der Waals surface area contributed by atoms with Crippen LogP contribution < -0.4 is 0 Å². The molecule has 0 heterocycles. The largest absolute Gasteiger partial charge is 0.409 e. The SMILES string of the molecule is CC=CC(OC(C)=O)[N+](C)(C)CC. The van der Waals surface area contributed by atoms with Crippen LogP contribution in [0.3, 0.4) is 0 Å². The highest BCUT2D eigenvalue weighted by molar-refractivity contribution is 5.66. The van der Waals surface area contributed by atoms with Crippen molar-refractivity contribution in [2.45, 2.75) is 27.0 Å². The summed E-state index contributed by atoms with van der Waals surface area (Å²) < 4.78 is 5.85. The van der Waals surface area contributed by atoms with Crippen LogP contribution in [0.4, 0.5) is 0 Å². The van der Waals surface area contributed by atoms with Crippen molar-refractivity contribution in [1.82, 2.24) is 0 Å². The second-order valence-electron chi connectivity index (χ2n) is 3.62. The molecule has 0 N–H and O–H groups in total. The first-order valence-electron chi connectivity index (χ1n) is 4.56. The predicted octanol–water partition coefficient (Wildman–Crippen LogP) is 1.55. The molecule has 0 aliphatic heterocycles. The lowest BCUT2D eigenvalue weighted by Gasteiger charge is -2.33. The van der Waals surface area contributed by atoms with Gasteiger partial charge in [0.25, 0.3) is 6.23 Å². The van der Waals surface area contributed by atoms with Crippen LogP contribution in [0.1, 0.15) is 20.8 Å². The molecule has 0 amide bonds. The minimum absolute atomic E-state index is 0.174. The maximum atomic E-state index is 10.8. The molecule has 0 aromatic carbocycles. The summed E-state index contributed by atoms with van der Waals surface area (Å²) in [6.45, 7) is 6.35. The Labute approximate surface area is 80.6 Å². The van der Waals surface area contributed by atoms with Gasteiger partial charge in [-0.2, -0.15) is 0 Å². The summed E-state index contributed by atoms with van der Waals surface area (Å²) in [5, 5.41) is 0. The topological polar surface area (TPSA) is 26.3 Å². The lowest BCUT2D eigenvalue weighted by atomic mass is 10.3. The normalized spacial score (nSPS) is 14.5. The number of quaternary nitrogens is 1. The summed E-state index contributed by atoms with van der Waals surface area (Å²) in [5.74, 6) is -0.234. The molecule has 0 bridgehead atoms. The van der Waals surface area contributed by atoms with Crippen molar-refractivity contribution >= 4 is 5.97 Å². The zero-order chi connectivity index (χ0) is 10.5. The molecule has 0 saturated carbocycles. The highest BCUT2D eigenvalue weighted by atomic mass is 16.6. The fraction of sp³-hybridized carbons (Fsp3) is 0.700. The molecule has 76 valence electrons. The van der Waals surface area contributed by atoms with Gasteiger partial charge in [0, 0.05) is 13.0 Å². The second kappa shape index (κ2) is 5.02. The van der Waals surface area contributed by atoms with Crippen LogP contribution in [-0.2, 0) is 9.53 Å². The first-order chi connectivity index (χ1) is 5.94. The Bertz CT molecular complexity index is 197. The number of hydrogen-bond acceptors (Lipinski definition) is 2. The number of nitrogens with zero attached hydrogens (tertiary/aromatic N) is 1. The molecule has 0 radical (unpaired) electrons. The van der Waals surface area contributed by atoms with Crippen molar-refractivity contribution in [1.29, 1.82) is 0 Å². The molecule has 13 heavy (non-hydrogen) atoms. The van der Waals surface area contributed by atoms with E-state index >= 15 is 0 Å². The van der Waals surface area contributed by atoms with Gasteiger partial charge in [-0.3, -0.25) is 9.28 Å². The van der Waals surface area contributed by atoms with Crippen LogP contribution in [0, 0.1) is 0 Å². The molecule has 3 heteroatoms. The highest BCUT2D eigenvalue weighted by Crippen LogP contribution is 2.09. The fourth-order valence-corrected chi connectivity index (χ4v) is 0.930. The van der Waals surface area contributed by atoms with E-state index in [0.717, 1.165) is 6.54 Å². The van der Waals surface area contributed by atoms with Crippen molar-refractivity contribution in [2.75, 3.05) is 20.6 Å². The maximum Gasteiger partial charge on any atom is 0.307 e. The molecule has 0 aromatic rings. The molecule has 3 nitrogen and oxygen atoms in total. The predicted molar refractivity (Wildman–Crippen MR) is 53.0 cm³/mol. The Balaban J connectivity index is 4.49. The van der Waals surface area contributed by atoms with Crippen LogP contribution >= 0.6 is 0 Å². The molecule has 0 aliphatic rings. The Morgan fingerprint density at radius 1 is 1.54 bits per heavy atom. The molecule has 0 rings (SSSR count). The minimum Gasteiger partial charge on any atom is -0.409 e. The van der Waals surface area contributed by atoms with Crippen LogP contribution in [0.15, 0.2) is 12.2 Å². The van der Waals surface area contributed by atoms with Crippen molar-refractivity contribution in [3.63, 3.8) is 0 Å². The quantitative estimate of drug-likeness (QED) is 0.288. The van der Waals surface area contributed by atoms with E-state index in [2.05, 4.69) is 6.92 Å². The van der Waals surface area contributed by atoms with Crippen molar-refractivity contribution in [3.8, 4) is 0 Å². The van der Waals surface area contributed by atoms with E-state index in [9.17, 15) is 4.79 Å². The molecule has 1 unspecified atom stereocenters. The third-order valence-electron chi connectivity index (χ3n) is 2.15. The maximum absolute atomic E-state index is 10.8. The van der Waals surface area contributed by atoms with E-state index in [1.54, 1.807) is 0 Å². The molecule has 0 spiro atoms. The van der Waals surface area contributed by atoms with Gasteiger partial charge in [0.05, 0.1) is 20.6 Å². The molecule has 0 saturated heterocycles. The summed E-state index contributed by atoms with van der Waals surface area (Å²) in [5.41, 5.74) is 0. The Morgan fingerprint density at radius 2 is 2.08 bits per heavy atom. The van der Waals surface area contributed by atoms with Gasteiger partial charge in [-0.1, -0.05) is 6.08 Å². The Kier molecular flexibility index (Phi) is 4.70. The molecule has 0 aliphatic carbocycles. The van der Waals surface area contributed by atoms with Gasteiger partial charge in [0.1, 0.15) is 0 Å². The van der Waals surface area contributed by atoms with E-state index < -0.39 is 0 Å². The lowest BCUT2D eigenvalue weighted by molar-refractivity contribution is -0.925. The first kappa shape index (κ1) is 12.2. The van der Waals surface area contributed by atoms with Crippen molar-refractivity contribution in [2.24, 2.45) is 0 Å². The van der Waals surface area contributed by atoms with E-state index in [-0.39, 0.29) is 12.2 Å². The van der Waals surface area contributed by atoms with Crippen molar-refractivity contribution in [3.05, 3.63) is 12.2 Å². The van der Waals surface area contributed by atoms with Gasteiger partial charge in [-0.05, 0) is 13.8 Å². The summed E-state index contributed by atoms with van der Waals surface area (Å²) in [6.07, 6.45) is 3.64. The third-order valence-corrected chi connectivity index (χ3v) is 2.15. The number of rotatable bonds is 4. The van der Waals surface area contributed by atoms with E-state index in [1.165, 1.54) is 6.92 Å². The summed E-state index contributed by atoms with van der Waals surface area (Å²) >= 11 is 0. The Morgan fingerprint density at radius 3 is 2.38 bits per heavy atom. The smallest absolute Gasteiger partial charge is 0.307 e. The molecular formula is C10H20NO2+. The standard InChI is InChI=1S/C10H20NO2/c1-6-8-10(13-9(3)12)11(4,5)7-2/h6,8,10H,7H2,1-5H3/q+1. The number of allylic oxidation sites excluding steroid dienone is 1. The van der Waals surface area contributed by atoms with Gasteiger partial charge in [-0.25, -0.2) is 0 Å². The van der Waals surface area contributed by atoms with Crippen LogP contribution in [-0.4, -0.2) is 37.3 Å². The van der Waals surface area contributed by atoms with Gasteiger partial charge < -0.3 is 4.74 Å². The zero-order valence-corrected chi connectivity index (χ0v) is 9.20. The van der Waals surface area contributed by atoms with Crippen LogP contribution in [0.2, 0.25) is 0 Å². The molecule has 0 aromatic heterocycles. The fourth-order valence-electron chi connectivity index (χ4n) is 0.930. The number of carbonyl (C=O) groups excluding carboxylic acids is 1. The molecule has 1 atom stereocenters. The number of likely N-dealkylation sites (N-methyl/N-ethyl adjacent to an activating group) is 1. The highest BCUT2D eigenvalue weighted by Gasteiger charge is 2.26. The van der Waals surface area contributed by atoms with Gasteiger partial charge >= 0.3 is 5.97 Å². The first-order valence-corrected chi connectivity index (χ1v) is 4.56. The van der Waals surface area contributed by atoms with Crippen LogP contribution in [0.25, 0.3) is 0 Å². The second-order valence-corrected chi connectivity index (χ2v) is 3.62. The van der Waals surface area contributed by atoms with Gasteiger partial charge in [-0.15, -0.1) is 0 Å². The number of esters is 1. The van der Waals surface area contributed by atoms with Crippen LogP contribution in [0.5, 0.6) is 0 Å². The van der Waals surface area contributed by atoms with E-state index in [1.807, 2.05) is 33.2 Å². The summed E-state index contributed by atoms with van der Waals surface area (Å²) in [4.78, 5) is 10.8. The number of carbonyl (C=O) groups is 1. The number of ether oxygens (including phenoxy) is 1. The summed E-state index contributed by atoms with van der Waals surface area (Å²) in [7, 11) is 4.07. The van der Waals surface area contributed by atoms with E-state index in [4.69, 9.17) is 4.74 Å².